The molecular formula is C26H25N3O6. The number of carbonyl (C=O) groups is 3. The Morgan fingerprint density at radius 2 is 1.63 bits per heavy atom. The third-order valence-electron chi connectivity index (χ3n) is 5.85. The Bertz CT molecular complexity index is 1210. The number of carbonyl (C=O) groups excluding carboxylic acids is 2. The van der Waals surface area contributed by atoms with Crippen LogP contribution in [0.25, 0.3) is 11.1 Å². The van der Waals surface area contributed by atoms with Crippen molar-refractivity contribution < 1.29 is 29.3 Å². The zero-order valence-electron chi connectivity index (χ0n) is 19.0. The summed E-state index contributed by atoms with van der Waals surface area (Å²) >= 11 is 0. The summed E-state index contributed by atoms with van der Waals surface area (Å²) in [5.41, 5.74) is 3.29. The molecule has 1 unspecified atom stereocenters. The van der Waals surface area contributed by atoms with Crippen LogP contribution in [0.15, 0.2) is 66.9 Å². The number of carboxylic acid groups (broad SMARTS) is 1. The molecule has 1 aromatic heterocycles. The maximum absolute atomic E-state index is 12.4. The van der Waals surface area contributed by atoms with Crippen molar-refractivity contribution in [1.29, 1.82) is 0 Å². The van der Waals surface area contributed by atoms with E-state index >= 15 is 0 Å². The van der Waals surface area contributed by atoms with Crippen LogP contribution in [-0.2, 0) is 20.7 Å². The molecule has 0 saturated carbocycles. The molecule has 180 valence electrons. The number of benzene rings is 2. The number of fused-ring (bicyclic) bond motifs is 3. The molecule has 0 bridgehead atoms. The minimum atomic E-state index is -2.06. The Hall–Kier alpha value is -4.24. The summed E-state index contributed by atoms with van der Waals surface area (Å²) in [7, 11) is 0. The van der Waals surface area contributed by atoms with Crippen molar-refractivity contribution in [2.45, 2.75) is 24.9 Å². The third kappa shape index (κ3) is 5.47. The standard InChI is InChI=1S/C26H25N3O6/c1-26(34,24(31)32)15-28-23(30)12-16-10-11-17(13-27-16)29-25(33)35-14-22-20-8-4-2-6-18(20)19-7-3-5-9-21(19)22/h2-11,13,22,34H,12,14-15H2,1H3,(H,28,30)(H,29,33)(H,31,32). The van der Waals surface area contributed by atoms with Crippen molar-refractivity contribution in [2.24, 2.45) is 0 Å². The Morgan fingerprint density at radius 1 is 1.00 bits per heavy atom. The fraction of sp³-hybridized carbons (Fsp3) is 0.231. The van der Waals surface area contributed by atoms with E-state index < -0.39 is 30.1 Å². The van der Waals surface area contributed by atoms with Crippen LogP contribution in [0, 0.1) is 0 Å². The van der Waals surface area contributed by atoms with E-state index in [0.29, 0.717) is 11.4 Å². The van der Waals surface area contributed by atoms with E-state index in [1.165, 1.54) is 6.20 Å². The van der Waals surface area contributed by atoms with Crippen molar-refractivity contribution in [1.82, 2.24) is 10.3 Å². The van der Waals surface area contributed by atoms with Gasteiger partial charge in [-0.2, -0.15) is 0 Å². The monoisotopic (exact) mass is 475 g/mol. The lowest BCUT2D eigenvalue weighted by atomic mass is 9.98. The van der Waals surface area contributed by atoms with Gasteiger partial charge >= 0.3 is 12.1 Å². The highest BCUT2D eigenvalue weighted by molar-refractivity contribution is 5.85. The van der Waals surface area contributed by atoms with Gasteiger partial charge in [-0.1, -0.05) is 48.5 Å². The van der Waals surface area contributed by atoms with Crippen LogP contribution >= 0.6 is 0 Å². The fourth-order valence-electron chi connectivity index (χ4n) is 3.93. The molecule has 35 heavy (non-hydrogen) atoms. The number of nitrogens with one attached hydrogen (secondary N) is 2. The largest absolute Gasteiger partial charge is 0.479 e. The van der Waals surface area contributed by atoms with Crippen molar-refractivity contribution in [2.75, 3.05) is 18.5 Å². The number of amides is 2. The summed E-state index contributed by atoms with van der Waals surface area (Å²) in [4.78, 5) is 39.4. The molecule has 0 aliphatic heterocycles. The van der Waals surface area contributed by atoms with Crippen LogP contribution in [-0.4, -0.2) is 51.9 Å². The number of carboxylic acids is 1. The van der Waals surface area contributed by atoms with Crippen LogP contribution < -0.4 is 10.6 Å². The van der Waals surface area contributed by atoms with Gasteiger partial charge in [-0.05, 0) is 41.3 Å². The first-order valence-electron chi connectivity index (χ1n) is 11.0. The highest BCUT2D eigenvalue weighted by Crippen LogP contribution is 2.44. The van der Waals surface area contributed by atoms with E-state index in [9.17, 15) is 19.5 Å². The van der Waals surface area contributed by atoms with E-state index in [0.717, 1.165) is 29.2 Å². The quantitative estimate of drug-likeness (QED) is 0.393. The molecule has 2 amide bonds. The molecule has 0 fully saturated rings. The fourth-order valence-corrected chi connectivity index (χ4v) is 3.93. The second kappa shape index (κ2) is 9.94. The molecule has 1 aliphatic rings. The van der Waals surface area contributed by atoms with Gasteiger partial charge < -0.3 is 20.3 Å². The molecule has 4 rings (SSSR count). The number of pyridine rings is 1. The Balaban J connectivity index is 1.29. The zero-order valence-corrected chi connectivity index (χ0v) is 19.0. The second-order valence-electron chi connectivity index (χ2n) is 8.52. The minimum absolute atomic E-state index is 0.0472. The van der Waals surface area contributed by atoms with E-state index in [4.69, 9.17) is 9.84 Å². The SMILES string of the molecule is CC(O)(CNC(=O)Cc1ccc(NC(=O)OCC2c3ccccc3-c3ccccc32)cn1)C(=O)O. The number of ether oxygens (including phenoxy) is 1. The summed E-state index contributed by atoms with van der Waals surface area (Å²) in [6.07, 6.45) is 0.674. The smallest absolute Gasteiger partial charge is 0.411 e. The van der Waals surface area contributed by atoms with E-state index in [2.05, 4.69) is 27.8 Å². The predicted octanol–water partition coefficient (Wildman–Crippen LogP) is 2.94. The average Bonchev–Trinajstić information content (AvgIpc) is 3.16. The summed E-state index contributed by atoms with van der Waals surface area (Å²) in [5, 5.41) is 23.5. The lowest BCUT2D eigenvalue weighted by Crippen LogP contribution is -2.46. The maximum atomic E-state index is 12.4. The average molecular weight is 476 g/mol. The molecule has 9 nitrogen and oxygen atoms in total. The zero-order chi connectivity index (χ0) is 25.0. The van der Waals surface area contributed by atoms with Crippen molar-refractivity contribution >= 4 is 23.7 Å². The highest BCUT2D eigenvalue weighted by atomic mass is 16.5. The first kappa shape index (κ1) is 23.9. The summed E-state index contributed by atoms with van der Waals surface area (Å²) in [6, 6.07) is 19.3. The summed E-state index contributed by atoms with van der Waals surface area (Å²) in [5.74, 6) is -1.97. The molecule has 3 aromatic rings. The molecule has 0 saturated heterocycles. The Kier molecular flexibility index (Phi) is 6.79. The number of nitrogens with zero attached hydrogens (tertiary/aromatic N) is 1. The van der Waals surface area contributed by atoms with Crippen molar-refractivity contribution in [3.63, 3.8) is 0 Å². The van der Waals surface area contributed by atoms with Crippen molar-refractivity contribution in [3.8, 4) is 11.1 Å². The highest BCUT2D eigenvalue weighted by Gasteiger charge is 2.30. The van der Waals surface area contributed by atoms with Gasteiger partial charge in [0.2, 0.25) is 5.91 Å². The van der Waals surface area contributed by atoms with Crippen molar-refractivity contribution in [3.05, 3.63) is 83.7 Å². The van der Waals surface area contributed by atoms with E-state index in [1.807, 2.05) is 36.4 Å². The van der Waals surface area contributed by atoms with E-state index in [-0.39, 0.29) is 18.9 Å². The lowest BCUT2D eigenvalue weighted by Gasteiger charge is -2.18. The van der Waals surface area contributed by atoms with Gasteiger partial charge in [0.15, 0.2) is 5.60 Å². The molecule has 0 radical (unpaired) electrons. The number of aliphatic carboxylic acids is 1. The lowest BCUT2D eigenvalue weighted by molar-refractivity contribution is -0.156. The predicted molar refractivity (Wildman–Crippen MR) is 128 cm³/mol. The number of aliphatic hydroxyl groups is 1. The summed E-state index contributed by atoms with van der Waals surface area (Å²) < 4.78 is 5.51. The van der Waals surface area contributed by atoms with Crippen LogP contribution in [0.1, 0.15) is 29.7 Å². The van der Waals surface area contributed by atoms with E-state index in [1.54, 1.807) is 12.1 Å². The van der Waals surface area contributed by atoms with Crippen LogP contribution in [0.4, 0.5) is 10.5 Å². The first-order valence-corrected chi connectivity index (χ1v) is 11.0. The number of hydrogen-bond donors (Lipinski definition) is 4. The second-order valence-corrected chi connectivity index (χ2v) is 8.52. The number of rotatable bonds is 8. The summed E-state index contributed by atoms with van der Waals surface area (Å²) in [6.45, 7) is 0.853. The normalized spacial score (nSPS) is 13.8. The molecule has 4 N–H and O–H groups in total. The topological polar surface area (TPSA) is 138 Å². The molecule has 1 heterocycles. The first-order chi connectivity index (χ1) is 16.7. The van der Waals surface area contributed by atoms with Gasteiger partial charge in [-0.3, -0.25) is 15.1 Å². The number of hydrogen-bond acceptors (Lipinski definition) is 6. The molecule has 2 aromatic carbocycles. The van der Waals surface area contributed by atoms with Crippen LogP contribution in [0.2, 0.25) is 0 Å². The molecular weight excluding hydrogens is 450 g/mol. The molecule has 1 aliphatic carbocycles. The van der Waals surface area contributed by atoms with Gasteiger partial charge in [0.05, 0.1) is 24.8 Å². The third-order valence-corrected chi connectivity index (χ3v) is 5.85. The van der Waals surface area contributed by atoms with Gasteiger partial charge in [-0.15, -0.1) is 0 Å². The number of anilines is 1. The van der Waals surface area contributed by atoms with Gasteiger partial charge in [-0.25, -0.2) is 9.59 Å². The Morgan fingerprint density at radius 3 is 2.20 bits per heavy atom. The van der Waals surface area contributed by atoms with Gasteiger partial charge in [0, 0.05) is 11.6 Å². The molecule has 9 heteroatoms. The van der Waals surface area contributed by atoms with Crippen LogP contribution in [0.3, 0.4) is 0 Å². The maximum Gasteiger partial charge on any atom is 0.411 e. The minimum Gasteiger partial charge on any atom is -0.479 e. The molecule has 1 atom stereocenters. The Labute approximate surface area is 201 Å². The van der Waals surface area contributed by atoms with Gasteiger partial charge in [0.25, 0.3) is 0 Å². The molecule has 0 spiro atoms. The van der Waals surface area contributed by atoms with Crippen LogP contribution in [0.5, 0.6) is 0 Å². The number of aromatic nitrogens is 1. The van der Waals surface area contributed by atoms with Gasteiger partial charge in [0.1, 0.15) is 6.61 Å².